The van der Waals surface area contributed by atoms with Gasteiger partial charge in [-0.05, 0) is 36.8 Å². The molecule has 4 nitrogen and oxygen atoms in total. The maximum absolute atomic E-state index is 13.5. The van der Waals surface area contributed by atoms with Crippen LogP contribution in [0.5, 0.6) is 11.5 Å². The van der Waals surface area contributed by atoms with Crippen LogP contribution < -0.4 is 10.5 Å². The van der Waals surface area contributed by atoms with Crippen LogP contribution in [0, 0.1) is 12.7 Å². The van der Waals surface area contributed by atoms with Crippen LogP contribution in [0.15, 0.2) is 36.4 Å². The van der Waals surface area contributed by atoms with Gasteiger partial charge >= 0.3 is 5.97 Å². The van der Waals surface area contributed by atoms with Crippen LogP contribution in [0.1, 0.15) is 15.9 Å². The molecule has 2 N–H and O–H groups in total. The average Bonchev–Trinajstić information content (AvgIpc) is 2.44. The normalized spacial score (nSPS) is 10.2. The first-order chi connectivity index (χ1) is 9.52. The van der Waals surface area contributed by atoms with E-state index in [9.17, 15) is 9.18 Å². The SMILES string of the molecule is COC(=O)c1cc(Oc2ccccc2F)cc(C)c1N. The van der Waals surface area contributed by atoms with Crippen LogP contribution in [0.25, 0.3) is 0 Å². The molecule has 0 unspecified atom stereocenters. The molecule has 0 saturated heterocycles. The summed E-state index contributed by atoms with van der Waals surface area (Å²) in [4.78, 5) is 11.6. The molecule has 104 valence electrons. The third-order valence-electron chi connectivity index (χ3n) is 2.83. The number of nitrogen functional groups attached to an aromatic ring is 1. The lowest BCUT2D eigenvalue weighted by atomic mass is 10.1. The van der Waals surface area contributed by atoms with Gasteiger partial charge in [-0.2, -0.15) is 0 Å². The van der Waals surface area contributed by atoms with Gasteiger partial charge in [0.1, 0.15) is 5.75 Å². The van der Waals surface area contributed by atoms with Crippen molar-refractivity contribution in [3.05, 3.63) is 53.3 Å². The number of benzene rings is 2. The van der Waals surface area contributed by atoms with Gasteiger partial charge in [-0.3, -0.25) is 0 Å². The van der Waals surface area contributed by atoms with E-state index < -0.39 is 11.8 Å². The molecule has 0 amide bonds. The zero-order valence-electron chi connectivity index (χ0n) is 11.1. The predicted octanol–water partition coefficient (Wildman–Crippen LogP) is 3.30. The summed E-state index contributed by atoms with van der Waals surface area (Å²) in [6.07, 6.45) is 0. The smallest absolute Gasteiger partial charge is 0.340 e. The van der Waals surface area contributed by atoms with E-state index in [0.29, 0.717) is 17.0 Å². The van der Waals surface area contributed by atoms with Crippen molar-refractivity contribution in [2.75, 3.05) is 12.8 Å². The van der Waals surface area contributed by atoms with Crippen LogP contribution >= 0.6 is 0 Å². The lowest BCUT2D eigenvalue weighted by molar-refractivity contribution is 0.0601. The van der Waals surface area contributed by atoms with Crippen molar-refractivity contribution < 1.29 is 18.7 Å². The first-order valence-corrected chi connectivity index (χ1v) is 5.93. The minimum atomic E-state index is -0.565. The Hall–Kier alpha value is -2.56. The summed E-state index contributed by atoms with van der Waals surface area (Å²) in [5.74, 6) is -0.652. The molecule has 2 rings (SSSR count). The highest BCUT2D eigenvalue weighted by Crippen LogP contribution is 2.29. The summed E-state index contributed by atoms with van der Waals surface area (Å²) in [6, 6.07) is 9.08. The van der Waals surface area contributed by atoms with Gasteiger partial charge in [0, 0.05) is 5.69 Å². The Balaban J connectivity index is 2.41. The molecule has 0 aliphatic rings. The monoisotopic (exact) mass is 275 g/mol. The molecule has 0 atom stereocenters. The Kier molecular flexibility index (Phi) is 3.89. The lowest BCUT2D eigenvalue weighted by Crippen LogP contribution is -2.07. The lowest BCUT2D eigenvalue weighted by Gasteiger charge is -2.12. The highest BCUT2D eigenvalue weighted by Gasteiger charge is 2.15. The zero-order valence-corrected chi connectivity index (χ0v) is 11.1. The summed E-state index contributed by atoms with van der Waals surface area (Å²) in [6.45, 7) is 1.73. The summed E-state index contributed by atoms with van der Waals surface area (Å²) in [5.41, 5.74) is 6.98. The van der Waals surface area contributed by atoms with Crippen molar-refractivity contribution in [3.63, 3.8) is 0 Å². The van der Waals surface area contributed by atoms with Crippen molar-refractivity contribution in [1.29, 1.82) is 0 Å². The van der Waals surface area contributed by atoms with Crippen LogP contribution in [0.2, 0.25) is 0 Å². The number of carbonyl (C=O) groups is 1. The second-order valence-corrected chi connectivity index (χ2v) is 4.23. The molecule has 0 spiro atoms. The van der Waals surface area contributed by atoms with E-state index in [1.807, 2.05) is 0 Å². The molecule has 0 radical (unpaired) electrons. The van der Waals surface area contributed by atoms with E-state index >= 15 is 0 Å². The number of nitrogens with two attached hydrogens (primary N) is 1. The Labute approximate surface area is 115 Å². The fourth-order valence-electron chi connectivity index (χ4n) is 1.76. The molecule has 0 aromatic heterocycles. The molecule has 2 aromatic rings. The van der Waals surface area contributed by atoms with Crippen LogP contribution in [-0.4, -0.2) is 13.1 Å². The van der Waals surface area contributed by atoms with E-state index in [0.717, 1.165) is 0 Å². The number of esters is 1. The summed E-state index contributed by atoms with van der Waals surface area (Å²) in [7, 11) is 1.27. The largest absolute Gasteiger partial charge is 0.465 e. The van der Waals surface area contributed by atoms with Crippen molar-refractivity contribution in [2.45, 2.75) is 6.92 Å². The molecule has 0 bridgehead atoms. The van der Waals surface area contributed by atoms with E-state index in [4.69, 9.17) is 10.5 Å². The molecule has 20 heavy (non-hydrogen) atoms. The van der Waals surface area contributed by atoms with Crippen molar-refractivity contribution >= 4 is 11.7 Å². The van der Waals surface area contributed by atoms with Gasteiger partial charge < -0.3 is 15.2 Å². The summed E-state index contributed by atoms with van der Waals surface area (Å²) >= 11 is 0. The average molecular weight is 275 g/mol. The number of carbonyl (C=O) groups excluding carboxylic acids is 1. The van der Waals surface area contributed by atoms with Gasteiger partial charge in [-0.15, -0.1) is 0 Å². The van der Waals surface area contributed by atoms with Gasteiger partial charge in [0.05, 0.1) is 12.7 Å². The van der Waals surface area contributed by atoms with Crippen molar-refractivity contribution in [2.24, 2.45) is 0 Å². The van der Waals surface area contributed by atoms with Crippen LogP contribution in [0.3, 0.4) is 0 Å². The van der Waals surface area contributed by atoms with Crippen LogP contribution in [-0.2, 0) is 4.74 Å². The van der Waals surface area contributed by atoms with Crippen molar-refractivity contribution in [3.8, 4) is 11.5 Å². The van der Waals surface area contributed by atoms with E-state index in [1.165, 1.54) is 25.3 Å². The van der Waals surface area contributed by atoms with Crippen LogP contribution in [0.4, 0.5) is 10.1 Å². The number of rotatable bonds is 3. The fraction of sp³-hybridized carbons (Fsp3) is 0.133. The topological polar surface area (TPSA) is 61.5 Å². The second-order valence-electron chi connectivity index (χ2n) is 4.23. The summed E-state index contributed by atoms with van der Waals surface area (Å²) in [5, 5.41) is 0. The van der Waals surface area contributed by atoms with Gasteiger partial charge in [0.15, 0.2) is 11.6 Å². The second kappa shape index (κ2) is 5.61. The zero-order chi connectivity index (χ0) is 14.7. The molecule has 0 fully saturated rings. The van der Waals surface area contributed by atoms with Gasteiger partial charge in [-0.1, -0.05) is 12.1 Å². The number of aryl methyl sites for hydroxylation is 1. The molecular formula is C15H14FNO3. The number of ether oxygens (including phenoxy) is 2. The van der Waals surface area contributed by atoms with E-state index in [-0.39, 0.29) is 11.3 Å². The molecular weight excluding hydrogens is 261 g/mol. The Morgan fingerprint density at radius 2 is 1.95 bits per heavy atom. The standard InChI is InChI=1S/C15H14FNO3/c1-9-7-10(8-11(14(9)17)15(18)19-2)20-13-6-4-3-5-12(13)16/h3-8H,17H2,1-2H3. The van der Waals surface area contributed by atoms with Gasteiger partial charge in [0.2, 0.25) is 0 Å². The molecule has 0 aliphatic carbocycles. The molecule has 2 aromatic carbocycles. The number of hydrogen-bond acceptors (Lipinski definition) is 4. The van der Waals surface area contributed by atoms with E-state index in [2.05, 4.69) is 4.74 Å². The number of para-hydroxylation sites is 1. The first-order valence-electron chi connectivity index (χ1n) is 5.93. The number of halogens is 1. The molecule has 0 aliphatic heterocycles. The third-order valence-corrected chi connectivity index (χ3v) is 2.83. The Morgan fingerprint density at radius 3 is 2.60 bits per heavy atom. The maximum Gasteiger partial charge on any atom is 0.340 e. The first kappa shape index (κ1) is 13.9. The van der Waals surface area contributed by atoms with Gasteiger partial charge in [0.25, 0.3) is 0 Å². The van der Waals surface area contributed by atoms with Crippen molar-refractivity contribution in [1.82, 2.24) is 0 Å². The minimum Gasteiger partial charge on any atom is -0.465 e. The number of hydrogen-bond donors (Lipinski definition) is 1. The predicted molar refractivity (Wildman–Crippen MR) is 73.4 cm³/mol. The quantitative estimate of drug-likeness (QED) is 0.689. The number of anilines is 1. The van der Waals surface area contributed by atoms with E-state index in [1.54, 1.807) is 25.1 Å². The summed E-state index contributed by atoms with van der Waals surface area (Å²) < 4.78 is 23.6. The van der Waals surface area contributed by atoms with Gasteiger partial charge in [-0.25, -0.2) is 9.18 Å². The molecule has 0 heterocycles. The fourth-order valence-corrected chi connectivity index (χ4v) is 1.76. The minimum absolute atomic E-state index is 0.0764. The number of methoxy groups -OCH3 is 1. The highest BCUT2D eigenvalue weighted by atomic mass is 19.1. The third kappa shape index (κ3) is 2.71. The molecule has 5 heteroatoms. The Bertz CT molecular complexity index is 656. The molecule has 0 saturated carbocycles. The highest BCUT2D eigenvalue weighted by molar-refractivity contribution is 5.96. The maximum atomic E-state index is 13.5. The Morgan fingerprint density at radius 1 is 1.25 bits per heavy atom.